The third kappa shape index (κ3) is 3.83. The van der Waals surface area contributed by atoms with Crippen molar-refractivity contribution in [3.05, 3.63) is 48.5 Å². The van der Waals surface area contributed by atoms with Gasteiger partial charge in [0.15, 0.2) is 5.75 Å². The van der Waals surface area contributed by atoms with Crippen LogP contribution in [0, 0.1) is 0 Å². The van der Waals surface area contributed by atoms with Gasteiger partial charge in [-0.15, -0.1) is 5.10 Å². The standard InChI is InChI=1S/C11H14N4O/c1-3-9(12)5-4-8(2)16-10-6-11(13)15-14-7-10/h3-7H,1,12H2,2H3,(H2,13,15)/b8-4+,9-5+. The maximum atomic E-state index is 5.54. The lowest BCUT2D eigenvalue weighted by atomic mass is 10.3. The van der Waals surface area contributed by atoms with Crippen LogP contribution in [0.5, 0.6) is 5.75 Å². The number of hydrogen-bond acceptors (Lipinski definition) is 5. The zero-order valence-electron chi connectivity index (χ0n) is 9.05. The Bertz CT molecular complexity index is 437. The van der Waals surface area contributed by atoms with Gasteiger partial charge in [-0.2, -0.15) is 5.10 Å². The molecule has 4 N–H and O–H groups in total. The highest BCUT2D eigenvalue weighted by Gasteiger charge is 1.96. The topological polar surface area (TPSA) is 87.0 Å². The molecule has 1 aromatic heterocycles. The predicted molar refractivity (Wildman–Crippen MR) is 63.3 cm³/mol. The van der Waals surface area contributed by atoms with Crippen molar-refractivity contribution in [3.63, 3.8) is 0 Å². The molecule has 0 aliphatic rings. The smallest absolute Gasteiger partial charge is 0.150 e. The highest BCUT2D eigenvalue weighted by Crippen LogP contribution is 2.13. The van der Waals surface area contributed by atoms with Gasteiger partial charge in [-0.05, 0) is 25.2 Å². The van der Waals surface area contributed by atoms with Crippen LogP contribution in [0.15, 0.2) is 48.5 Å². The molecule has 84 valence electrons. The van der Waals surface area contributed by atoms with E-state index in [0.717, 1.165) is 0 Å². The van der Waals surface area contributed by atoms with Crippen molar-refractivity contribution in [3.8, 4) is 5.75 Å². The van der Waals surface area contributed by atoms with Gasteiger partial charge in [0.25, 0.3) is 0 Å². The SMILES string of the molecule is C=C/C(N)=C\C=C(/C)Oc1cnnc(N)c1. The summed E-state index contributed by atoms with van der Waals surface area (Å²) >= 11 is 0. The van der Waals surface area contributed by atoms with Crippen LogP contribution in [0.4, 0.5) is 5.82 Å². The summed E-state index contributed by atoms with van der Waals surface area (Å²) in [4.78, 5) is 0. The average molecular weight is 218 g/mol. The number of allylic oxidation sites excluding steroid dienone is 4. The van der Waals surface area contributed by atoms with Crippen LogP contribution in [0.2, 0.25) is 0 Å². The van der Waals surface area contributed by atoms with Crippen molar-refractivity contribution < 1.29 is 4.74 Å². The maximum absolute atomic E-state index is 5.54. The first-order valence-corrected chi connectivity index (χ1v) is 4.64. The molecule has 0 unspecified atom stereocenters. The number of anilines is 1. The number of nitrogens with two attached hydrogens (primary N) is 2. The highest BCUT2D eigenvalue weighted by atomic mass is 16.5. The largest absolute Gasteiger partial charge is 0.460 e. The molecular formula is C11H14N4O. The fraction of sp³-hybridized carbons (Fsp3) is 0.0909. The van der Waals surface area contributed by atoms with Gasteiger partial charge in [-0.3, -0.25) is 0 Å². The number of hydrogen-bond donors (Lipinski definition) is 2. The minimum atomic E-state index is 0.312. The van der Waals surface area contributed by atoms with Crippen molar-refractivity contribution in [2.24, 2.45) is 5.73 Å². The fourth-order valence-electron chi connectivity index (χ4n) is 0.922. The lowest BCUT2D eigenvalue weighted by molar-refractivity contribution is 0.425. The van der Waals surface area contributed by atoms with E-state index in [-0.39, 0.29) is 0 Å². The molecule has 0 aromatic carbocycles. The Morgan fingerprint density at radius 2 is 2.25 bits per heavy atom. The van der Waals surface area contributed by atoms with Crippen LogP contribution in [0.3, 0.4) is 0 Å². The molecule has 0 fully saturated rings. The quantitative estimate of drug-likeness (QED) is 0.588. The Kier molecular flexibility index (Phi) is 4.08. The molecule has 0 atom stereocenters. The van der Waals surface area contributed by atoms with Crippen LogP contribution < -0.4 is 16.2 Å². The lowest BCUT2D eigenvalue weighted by Crippen LogP contribution is -1.96. The van der Waals surface area contributed by atoms with Gasteiger partial charge in [0.2, 0.25) is 0 Å². The van der Waals surface area contributed by atoms with Crippen molar-refractivity contribution >= 4 is 5.82 Å². The molecule has 0 aliphatic heterocycles. The van der Waals surface area contributed by atoms with E-state index in [9.17, 15) is 0 Å². The fourth-order valence-corrected chi connectivity index (χ4v) is 0.922. The summed E-state index contributed by atoms with van der Waals surface area (Å²) in [6.45, 7) is 5.33. The molecule has 1 rings (SSSR count). The van der Waals surface area contributed by atoms with Gasteiger partial charge in [0.05, 0.1) is 6.20 Å². The van der Waals surface area contributed by atoms with E-state index >= 15 is 0 Å². The Hall–Kier alpha value is -2.30. The monoisotopic (exact) mass is 218 g/mol. The first-order valence-electron chi connectivity index (χ1n) is 4.64. The molecule has 1 heterocycles. The van der Waals surface area contributed by atoms with E-state index in [2.05, 4.69) is 16.8 Å². The second-order valence-electron chi connectivity index (χ2n) is 3.07. The number of aromatic nitrogens is 2. The number of rotatable bonds is 4. The zero-order chi connectivity index (χ0) is 12.0. The van der Waals surface area contributed by atoms with E-state index in [1.54, 1.807) is 31.2 Å². The van der Waals surface area contributed by atoms with E-state index in [1.165, 1.54) is 6.20 Å². The Balaban J connectivity index is 2.71. The molecule has 0 spiro atoms. The predicted octanol–water partition coefficient (Wildman–Crippen LogP) is 1.37. The summed E-state index contributed by atoms with van der Waals surface area (Å²) in [6, 6.07) is 1.59. The molecule has 0 bridgehead atoms. The summed E-state index contributed by atoms with van der Waals surface area (Å²) in [6.07, 6.45) is 6.46. The van der Waals surface area contributed by atoms with Crippen LogP contribution in [-0.4, -0.2) is 10.2 Å². The van der Waals surface area contributed by atoms with Crippen LogP contribution in [0.1, 0.15) is 6.92 Å². The number of ether oxygens (including phenoxy) is 1. The normalized spacial score (nSPS) is 12.3. The molecule has 5 heteroatoms. The summed E-state index contributed by atoms with van der Waals surface area (Å²) < 4.78 is 5.43. The Morgan fingerprint density at radius 1 is 1.50 bits per heavy atom. The third-order valence-electron chi connectivity index (χ3n) is 1.67. The van der Waals surface area contributed by atoms with Crippen molar-refractivity contribution in [1.29, 1.82) is 0 Å². The van der Waals surface area contributed by atoms with Gasteiger partial charge in [-0.25, -0.2) is 0 Å². The van der Waals surface area contributed by atoms with Crippen molar-refractivity contribution in [1.82, 2.24) is 10.2 Å². The summed E-state index contributed by atoms with van der Waals surface area (Å²) in [5.41, 5.74) is 11.6. The minimum Gasteiger partial charge on any atom is -0.460 e. The number of nitrogen functional groups attached to an aromatic ring is 1. The average Bonchev–Trinajstić information content (AvgIpc) is 2.26. The molecule has 1 aromatic rings. The van der Waals surface area contributed by atoms with E-state index in [0.29, 0.717) is 23.0 Å². The van der Waals surface area contributed by atoms with Gasteiger partial charge < -0.3 is 16.2 Å². The molecule has 0 saturated heterocycles. The summed E-state index contributed by atoms with van der Waals surface area (Å²) in [7, 11) is 0. The molecule has 16 heavy (non-hydrogen) atoms. The second kappa shape index (κ2) is 5.55. The molecule has 5 nitrogen and oxygen atoms in total. The third-order valence-corrected chi connectivity index (χ3v) is 1.67. The first-order chi connectivity index (χ1) is 7.61. The summed E-state index contributed by atoms with van der Waals surface area (Å²) in [5.74, 6) is 1.51. The van der Waals surface area contributed by atoms with Crippen molar-refractivity contribution in [2.45, 2.75) is 6.92 Å². The van der Waals surface area contributed by atoms with E-state index < -0.39 is 0 Å². The second-order valence-corrected chi connectivity index (χ2v) is 3.07. The molecule has 0 amide bonds. The van der Waals surface area contributed by atoms with Gasteiger partial charge >= 0.3 is 0 Å². The highest BCUT2D eigenvalue weighted by molar-refractivity contribution is 5.34. The molecule has 0 saturated carbocycles. The van der Waals surface area contributed by atoms with E-state index in [1.807, 2.05) is 0 Å². The Morgan fingerprint density at radius 3 is 2.88 bits per heavy atom. The van der Waals surface area contributed by atoms with Crippen LogP contribution in [-0.2, 0) is 0 Å². The lowest BCUT2D eigenvalue weighted by Gasteiger charge is -2.04. The van der Waals surface area contributed by atoms with Gasteiger partial charge in [-0.1, -0.05) is 6.58 Å². The minimum absolute atomic E-state index is 0.312. The number of nitrogens with zero attached hydrogens (tertiary/aromatic N) is 2. The zero-order valence-corrected chi connectivity index (χ0v) is 9.05. The summed E-state index contributed by atoms with van der Waals surface area (Å²) in [5, 5.41) is 7.28. The maximum Gasteiger partial charge on any atom is 0.150 e. The Labute approximate surface area is 94.1 Å². The first kappa shape index (κ1) is 11.8. The van der Waals surface area contributed by atoms with Gasteiger partial charge in [0.1, 0.15) is 11.6 Å². The van der Waals surface area contributed by atoms with Crippen LogP contribution in [0.25, 0.3) is 0 Å². The van der Waals surface area contributed by atoms with Gasteiger partial charge in [0, 0.05) is 11.8 Å². The molecular weight excluding hydrogens is 204 g/mol. The molecule has 0 aliphatic carbocycles. The van der Waals surface area contributed by atoms with Crippen LogP contribution >= 0.6 is 0 Å². The molecule has 0 radical (unpaired) electrons. The van der Waals surface area contributed by atoms with Crippen molar-refractivity contribution in [2.75, 3.05) is 5.73 Å². The van der Waals surface area contributed by atoms with E-state index in [4.69, 9.17) is 16.2 Å².